The van der Waals surface area contributed by atoms with E-state index in [2.05, 4.69) is 10.6 Å². The molecule has 0 spiro atoms. The number of fused-ring (bicyclic) bond motifs is 1. The molecule has 1 heterocycles. The SMILES string of the molecule is O=C(CSc1nc2ccccc2c(=O)n1CC1CCC(C(=O)NCc2ccccc2)CC1)NCCc1ccccc1. The highest BCUT2D eigenvalue weighted by atomic mass is 32.2. The number of carbonyl (C=O) groups is 2. The highest BCUT2D eigenvalue weighted by Crippen LogP contribution is 2.31. The Balaban J connectivity index is 1.18. The van der Waals surface area contributed by atoms with Gasteiger partial charge in [0.15, 0.2) is 5.16 Å². The fraction of sp³-hybridized carbons (Fsp3) is 0.333. The molecule has 1 saturated carbocycles. The molecule has 0 atom stereocenters. The Labute approximate surface area is 244 Å². The molecule has 0 bridgehead atoms. The van der Waals surface area contributed by atoms with E-state index in [1.807, 2.05) is 78.9 Å². The summed E-state index contributed by atoms with van der Waals surface area (Å²) in [6.45, 7) is 1.63. The molecule has 7 nitrogen and oxygen atoms in total. The number of hydrogen-bond acceptors (Lipinski definition) is 5. The number of aromatic nitrogens is 2. The third-order valence-corrected chi connectivity index (χ3v) is 8.68. The van der Waals surface area contributed by atoms with Crippen molar-refractivity contribution in [1.29, 1.82) is 0 Å². The number of carbonyl (C=O) groups excluding carboxylic acids is 2. The lowest BCUT2D eigenvalue weighted by Crippen LogP contribution is -2.34. The van der Waals surface area contributed by atoms with E-state index in [-0.39, 0.29) is 35.0 Å². The lowest BCUT2D eigenvalue weighted by molar-refractivity contribution is -0.126. The lowest BCUT2D eigenvalue weighted by atomic mass is 9.81. The number of amides is 2. The van der Waals surface area contributed by atoms with E-state index >= 15 is 0 Å². The van der Waals surface area contributed by atoms with Crippen LogP contribution in [0.2, 0.25) is 0 Å². The van der Waals surface area contributed by atoms with Crippen molar-refractivity contribution < 1.29 is 9.59 Å². The third kappa shape index (κ3) is 7.85. The maximum atomic E-state index is 13.5. The maximum Gasteiger partial charge on any atom is 0.262 e. The Bertz CT molecular complexity index is 1520. The number of benzene rings is 3. The van der Waals surface area contributed by atoms with Gasteiger partial charge in [0.05, 0.1) is 16.7 Å². The summed E-state index contributed by atoms with van der Waals surface area (Å²) in [6.07, 6.45) is 4.10. The average molecular weight is 569 g/mol. The van der Waals surface area contributed by atoms with Crippen LogP contribution in [0.5, 0.6) is 0 Å². The van der Waals surface area contributed by atoms with E-state index < -0.39 is 0 Å². The Hall–Kier alpha value is -3.91. The van der Waals surface area contributed by atoms with Crippen LogP contribution in [-0.4, -0.2) is 33.7 Å². The Morgan fingerprint density at radius 2 is 1.49 bits per heavy atom. The standard InChI is InChI=1S/C33H36N4O3S/c38-30(34-20-19-24-9-3-1-4-10-24)23-41-33-36-29-14-8-7-13-28(29)32(40)37(33)22-26-15-17-27(18-16-26)31(39)35-21-25-11-5-2-6-12-25/h1-14,26-27H,15-23H2,(H,34,38)(H,35,39). The molecular formula is C33H36N4O3S. The zero-order valence-corrected chi connectivity index (χ0v) is 23.9. The zero-order valence-electron chi connectivity index (χ0n) is 23.1. The van der Waals surface area contributed by atoms with Gasteiger partial charge in [0.25, 0.3) is 5.56 Å². The van der Waals surface area contributed by atoms with Gasteiger partial charge in [0.2, 0.25) is 11.8 Å². The molecule has 1 fully saturated rings. The summed E-state index contributed by atoms with van der Waals surface area (Å²) in [6, 6.07) is 27.3. The molecule has 0 aliphatic heterocycles. The highest BCUT2D eigenvalue weighted by Gasteiger charge is 2.27. The molecule has 4 aromatic rings. The van der Waals surface area contributed by atoms with Gasteiger partial charge in [-0.05, 0) is 61.3 Å². The Morgan fingerprint density at radius 3 is 2.22 bits per heavy atom. The lowest BCUT2D eigenvalue weighted by Gasteiger charge is -2.28. The van der Waals surface area contributed by atoms with E-state index in [0.29, 0.717) is 35.7 Å². The fourth-order valence-corrected chi connectivity index (χ4v) is 6.22. The summed E-state index contributed by atoms with van der Waals surface area (Å²) < 4.78 is 1.74. The molecular weight excluding hydrogens is 532 g/mol. The first kappa shape index (κ1) is 28.6. The van der Waals surface area contributed by atoms with Gasteiger partial charge >= 0.3 is 0 Å². The van der Waals surface area contributed by atoms with E-state index in [0.717, 1.165) is 37.7 Å². The molecule has 1 aromatic heterocycles. The second-order valence-electron chi connectivity index (χ2n) is 10.6. The van der Waals surface area contributed by atoms with E-state index in [4.69, 9.17) is 4.98 Å². The van der Waals surface area contributed by atoms with Crippen LogP contribution in [-0.2, 0) is 29.1 Å². The Morgan fingerprint density at radius 1 is 0.829 bits per heavy atom. The first-order valence-electron chi connectivity index (χ1n) is 14.3. The molecule has 1 aliphatic rings. The molecule has 0 saturated heterocycles. The van der Waals surface area contributed by atoms with Crippen LogP contribution in [0.25, 0.3) is 10.9 Å². The number of thioether (sulfide) groups is 1. The minimum atomic E-state index is -0.0816. The van der Waals surface area contributed by atoms with Gasteiger partial charge in [-0.25, -0.2) is 4.98 Å². The molecule has 8 heteroatoms. The maximum absolute atomic E-state index is 13.5. The molecule has 212 valence electrons. The molecule has 2 amide bonds. The minimum Gasteiger partial charge on any atom is -0.355 e. The molecule has 1 aliphatic carbocycles. The molecule has 0 radical (unpaired) electrons. The van der Waals surface area contributed by atoms with Gasteiger partial charge in [-0.2, -0.15) is 0 Å². The van der Waals surface area contributed by atoms with E-state index in [1.165, 1.54) is 17.3 Å². The van der Waals surface area contributed by atoms with Gasteiger partial charge in [0, 0.05) is 25.6 Å². The van der Waals surface area contributed by atoms with Gasteiger partial charge in [-0.1, -0.05) is 84.6 Å². The quantitative estimate of drug-likeness (QED) is 0.197. The van der Waals surface area contributed by atoms with Crippen molar-refractivity contribution >= 4 is 34.5 Å². The monoisotopic (exact) mass is 568 g/mol. The first-order chi connectivity index (χ1) is 20.1. The van der Waals surface area contributed by atoms with Crippen LogP contribution in [0.1, 0.15) is 36.8 Å². The first-order valence-corrected chi connectivity index (χ1v) is 15.3. The smallest absolute Gasteiger partial charge is 0.262 e. The van der Waals surface area contributed by atoms with Crippen LogP contribution < -0.4 is 16.2 Å². The van der Waals surface area contributed by atoms with Crippen LogP contribution in [0.3, 0.4) is 0 Å². The normalized spacial score (nSPS) is 16.8. The number of rotatable bonds is 11. The number of para-hydroxylation sites is 1. The molecule has 0 unspecified atom stereocenters. The van der Waals surface area contributed by atoms with Crippen LogP contribution in [0.15, 0.2) is 94.9 Å². The number of hydrogen-bond donors (Lipinski definition) is 2. The summed E-state index contributed by atoms with van der Waals surface area (Å²) in [5, 5.41) is 7.20. The van der Waals surface area contributed by atoms with Crippen molar-refractivity contribution in [2.45, 2.75) is 50.4 Å². The number of nitrogens with one attached hydrogen (secondary N) is 2. The van der Waals surface area contributed by atoms with Crippen molar-refractivity contribution in [3.63, 3.8) is 0 Å². The van der Waals surface area contributed by atoms with Crippen molar-refractivity contribution in [2.75, 3.05) is 12.3 Å². The van der Waals surface area contributed by atoms with Crippen LogP contribution >= 0.6 is 11.8 Å². The minimum absolute atomic E-state index is 0.00478. The fourth-order valence-electron chi connectivity index (χ4n) is 5.39. The summed E-state index contributed by atoms with van der Waals surface area (Å²) in [7, 11) is 0. The number of nitrogens with zero attached hydrogens (tertiary/aromatic N) is 2. The predicted molar refractivity (Wildman–Crippen MR) is 164 cm³/mol. The summed E-state index contributed by atoms with van der Waals surface area (Å²) in [4.78, 5) is 43.7. The van der Waals surface area contributed by atoms with Crippen molar-refractivity contribution in [2.24, 2.45) is 11.8 Å². The molecule has 41 heavy (non-hydrogen) atoms. The second-order valence-corrected chi connectivity index (χ2v) is 11.6. The van der Waals surface area contributed by atoms with E-state index in [1.54, 1.807) is 10.6 Å². The van der Waals surface area contributed by atoms with Crippen molar-refractivity contribution in [3.8, 4) is 0 Å². The summed E-state index contributed by atoms with van der Waals surface area (Å²) in [5.74, 6) is 0.476. The largest absolute Gasteiger partial charge is 0.355 e. The summed E-state index contributed by atoms with van der Waals surface area (Å²) in [5.41, 5.74) is 2.83. The zero-order chi connectivity index (χ0) is 28.4. The van der Waals surface area contributed by atoms with Gasteiger partial charge in [0.1, 0.15) is 0 Å². The summed E-state index contributed by atoms with van der Waals surface area (Å²) >= 11 is 1.30. The van der Waals surface area contributed by atoms with Crippen molar-refractivity contribution in [3.05, 3.63) is 106 Å². The molecule has 5 rings (SSSR count). The van der Waals surface area contributed by atoms with E-state index in [9.17, 15) is 14.4 Å². The van der Waals surface area contributed by atoms with Crippen LogP contribution in [0.4, 0.5) is 0 Å². The van der Waals surface area contributed by atoms with Gasteiger partial charge in [-0.15, -0.1) is 0 Å². The topological polar surface area (TPSA) is 93.1 Å². The molecule has 3 aromatic carbocycles. The average Bonchev–Trinajstić information content (AvgIpc) is 3.02. The third-order valence-electron chi connectivity index (χ3n) is 7.71. The second kappa shape index (κ2) is 14.1. The highest BCUT2D eigenvalue weighted by molar-refractivity contribution is 7.99. The Kier molecular flexibility index (Phi) is 9.86. The van der Waals surface area contributed by atoms with Gasteiger partial charge in [-0.3, -0.25) is 19.0 Å². The predicted octanol–water partition coefficient (Wildman–Crippen LogP) is 4.97. The molecule has 2 N–H and O–H groups in total. The van der Waals surface area contributed by atoms with Crippen LogP contribution in [0, 0.1) is 11.8 Å². The van der Waals surface area contributed by atoms with Gasteiger partial charge < -0.3 is 10.6 Å². The van der Waals surface area contributed by atoms with Crippen molar-refractivity contribution in [1.82, 2.24) is 20.2 Å².